The van der Waals surface area contributed by atoms with Gasteiger partial charge in [0.05, 0.1) is 19.8 Å². The highest BCUT2D eigenvalue weighted by Gasteiger charge is 2.10. The summed E-state index contributed by atoms with van der Waals surface area (Å²) >= 11 is 0. The maximum atomic E-state index is 12.0. The predicted octanol–water partition coefficient (Wildman–Crippen LogP) is 1.96. The van der Waals surface area contributed by atoms with E-state index < -0.39 is 0 Å². The molecule has 0 saturated carbocycles. The molecule has 0 aliphatic carbocycles. The first-order valence-electron chi connectivity index (χ1n) is 9.84. The van der Waals surface area contributed by atoms with Crippen molar-refractivity contribution in [3.63, 3.8) is 0 Å². The highest BCUT2D eigenvalue weighted by Crippen LogP contribution is 2.09. The van der Waals surface area contributed by atoms with Crippen molar-refractivity contribution in [2.75, 3.05) is 32.8 Å². The van der Waals surface area contributed by atoms with Crippen LogP contribution in [0.25, 0.3) is 6.08 Å². The summed E-state index contributed by atoms with van der Waals surface area (Å²) in [6.45, 7) is 4.82. The second kappa shape index (κ2) is 11.1. The van der Waals surface area contributed by atoms with Gasteiger partial charge in [0, 0.05) is 32.3 Å². The number of nitrogens with zero attached hydrogens (tertiary/aromatic N) is 1. The molecule has 1 aliphatic rings. The lowest BCUT2D eigenvalue weighted by molar-refractivity contribution is -0.124. The van der Waals surface area contributed by atoms with Gasteiger partial charge in [-0.25, -0.2) is 0 Å². The number of rotatable bonds is 8. The summed E-state index contributed by atoms with van der Waals surface area (Å²) in [5, 5.41) is 5.41. The third-order valence-corrected chi connectivity index (χ3v) is 4.67. The van der Waals surface area contributed by atoms with Gasteiger partial charge in [0.1, 0.15) is 0 Å². The van der Waals surface area contributed by atoms with Crippen molar-refractivity contribution in [3.05, 3.63) is 77.4 Å². The molecule has 3 rings (SSSR count). The summed E-state index contributed by atoms with van der Waals surface area (Å²) in [5.74, 6) is -0.514. The zero-order valence-corrected chi connectivity index (χ0v) is 16.5. The van der Waals surface area contributed by atoms with E-state index in [1.165, 1.54) is 11.6 Å². The van der Waals surface area contributed by atoms with E-state index >= 15 is 0 Å². The van der Waals surface area contributed by atoms with Crippen LogP contribution in [0.15, 0.2) is 60.7 Å². The van der Waals surface area contributed by atoms with Crippen LogP contribution in [0, 0.1) is 0 Å². The Morgan fingerprint density at radius 3 is 2.34 bits per heavy atom. The van der Waals surface area contributed by atoms with Crippen LogP contribution in [0.1, 0.15) is 16.7 Å². The van der Waals surface area contributed by atoms with Crippen LogP contribution in [0.3, 0.4) is 0 Å². The first-order valence-corrected chi connectivity index (χ1v) is 9.84. The first-order chi connectivity index (χ1) is 14.2. The summed E-state index contributed by atoms with van der Waals surface area (Å²) in [5.41, 5.74) is 3.21. The van der Waals surface area contributed by atoms with Gasteiger partial charge in [-0.2, -0.15) is 0 Å². The van der Waals surface area contributed by atoms with Crippen molar-refractivity contribution in [2.45, 2.75) is 13.1 Å². The Hall–Kier alpha value is -2.96. The Bertz CT molecular complexity index is 813. The predicted molar refractivity (Wildman–Crippen MR) is 113 cm³/mol. The van der Waals surface area contributed by atoms with Crippen LogP contribution in [0.5, 0.6) is 0 Å². The molecule has 1 saturated heterocycles. The van der Waals surface area contributed by atoms with Crippen molar-refractivity contribution in [3.8, 4) is 0 Å². The topological polar surface area (TPSA) is 70.7 Å². The fourth-order valence-corrected chi connectivity index (χ4v) is 3.01. The van der Waals surface area contributed by atoms with Gasteiger partial charge in [0.2, 0.25) is 11.8 Å². The van der Waals surface area contributed by atoms with Gasteiger partial charge >= 0.3 is 0 Å². The molecule has 152 valence electrons. The van der Waals surface area contributed by atoms with E-state index in [1.54, 1.807) is 6.08 Å². The van der Waals surface area contributed by atoms with Crippen LogP contribution in [-0.2, 0) is 27.4 Å². The van der Waals surface area contributed by atoms with Gasteiger partial charge in [-0.05, 0) is 22.8 Å². The van der Waals surface area contributed by atoms with E-state index in [9.17, 15) is 9.59 Å². The highest BCUT2D eigenvalue weighted by molar-refractivity contribution is 5.94. The molecule has 0 aromatic heterocycles. The van der Waals surface area contributed by atoms with E-state index in [0.29, 0.717) is 6.54 Å². The molecule has 1 heterocycles. The summed E-state index contributed by atoms with van der Waals surface area (Å²) in [4.78, 5) is 26.1. The Kier molecular flexibility index (Phi) is 7.98. The number of hydrogen-bond donors (Lipinski definition) is 2. The molecule has 0 spiro atoms. The minimum Gasteiger partial charge on any atom is -0.379 e. The quantitative estimate of drug-likeness (QED) is 0.673. The SMILES string of the molecule is O=C(C=Cc1ccccc1)NCC(=O)NCc1ccc(CN2CCOCC2)cc1. The summed E-state index contributed by atoms with van der Waals surface area (Å²) in [6, 6.07) is 17.8. The molecule has 1 fully saturated rings. The number of carbonyl (C=O) groups excluding carboxylic acids is 2. The molecule has 29 heavy (non-hydrogen) atoms. The third-order valence-electron chi connectivity index (χ3n) is 4.67. The van der Waals surface area contributed by atoms with Crippen molar-refractivity contribution >= 4 is 17.9 Å². The van der Waals surface area contributed by atoms with Gasteiger partial charge in [0.15, 0.2) is 0 Å². The largest absolute Gasteiger partial charge is 0.379 e. The van der Waals surface area contributed by atoms with Crippen LogP contribution in [0.2, 0.25) is 0 Å². The molecule has 6 nitrogen and oxygen atoms in total. The van der Waals surface area contributed by atoms with E-state index in [1.807, 2.05) is 42.5 Å². The molecule has 2 aromatic rings. The van der Waals surface area contributed by atoms with Gasteiger partial charge < -0.3 is 15.4 Å². The van der Waals surface area contributed by atoms with Crippen molar-refractivity contribution < 1.29 is 14.3 Å². The van der Waals surface area contributed by atoms with Crippen LogP contribution in [0.4, 0.5) is 0 Å². The molecule has 2 aromatic carbocycles. The second-order valence-electron chi connectivity index (χ2n) is 6.94. The summed E-state index contributed by atoms with van der Waals surface area (Å²) < 4.78 is 5.37. The molecular weight excluding hydrogens is 366 g/mol. The number of ether oxygens (including phenoxy) is 1. The summed E-state index contributed by atoms with van der Waals surface area (Å²) in [7, 11) is 0. The molecule has 0 atom stereocenters. The average Bonchev–Trinajstić information content (AvgIpc) is 2.77. The van der Waals surface area contributed by atoms with Crippen molar-refractivity contribution in [1.82, 2.24) is 15.5 Å². The number of hydrogen-bond acceptors (Lipinski definition) is 4. The molecule has 2 amide bonds. The molecule has 1 aliphatic heterocycles. The number of morpholine rings is 1. The van der Waals surface area contributed by atoms with E-state index in [0.717, 1.165) is 44.0 Å². The zero-order valence-electron chi connectivity index (χ0n) is 16.5. The maximum absolute atomic E-state index is 12.0. The smallest absolute Gasteiger partial charge is 0.244 e. The number of amides is 2. The number of nitrogens with one attached hydrogen (secondary N) is 2. The first kappa shape index (κ1) is 20.8. The van der Waals surface area contributed by atoms with E-state index in [-0.39, 0.29) is 18.4 Å². The molecule has 0 bridgehead atoms. The van der Waals surface area contributed by atoms with Crippen LogP contribution < -0.4 is 10.6 Å². The monoisotopic (exact) mass is 393 g/mol. The third kappa shape index (κ3) is 7.52. The average molecular weight is 393 g/mol. The second-order valence-corrected chi connectivity index (χ2v) is 6.94. The molecule has 0 radical (unpaired) electrons. The lowest BCUT2D eigenvalue weighted by Crippen LogP contribution is -2.36. The summed E-state index contributed by atoms with van der Waals surface area (Å²) in [6.07, 6.45) is 3.14. The van der Waals surface area contributed by atoms with Gasteiger partial charge in [0.25, 0.3) is 0 Å². The standard InChI is InChI=1S/C23H27N3O3/c27-22(11-10-19-4-2-1-3-5-19)25-17-23(28)24-16-20-6-8-21(9-7-20)18-26-12-14-29-15-13-26/h1-11H,12-18H2,(H,24,28)(H,25,27). The molecule has 2 N–H and O–H groups in total. The zero-order chi connectivity index (χ0) is 20.3. The van der Waals surface area contributed by atoms with E-state index in [4.69, 9.17) is 4.74 Å². The number of benzene rings is 2. The normalized spacial score (nSPS) is 14.6. The van der Waals surface area contributed by atoms with Crippen molar-refractivity contribution in [2.24, 2.45) is 0 Å². The maximum Gasteiger partial charge on any atom is 0.244 e. The van der Waals surface area contributed by atoms with E-state index in [2.05, 4.69) is 27.7 Å². The fourth-order valence-electron chi connectivity index (χ4n) is 3.01. The Balaban J connectivity index is 1.35. The Labute approximate surface area is 171 Å². The Morgan fingerprint density at radius 2 is 1.62 bits per heavy atom. The van der Waals surface area contributed by atoms with Gasteiger partial charge in [-0.3, -0.25) is 14.5 Å². The minimum atomic E-state index is -0.295. The highest BCUT2D eigenvalue weighted by atomic mass is 16.5. The molecule has 6 heteroatoms. The lowest BCUT2D eigenvalue weighted by atomic mass is 10.1. The Morgan fingerprint density at radius 1 is 0.931 bits per heavy atom. The van der Waals surface area contributed by atoms with Gasteiger partial charge in [-0.15, -0.1) is 0 Å². The molecule has 0 unspecified atom stereocenters. The molecular formula is C23H27N3O3. The van der Waals surface area contributed by atoms with Crippen molar-refractivity contribution in [1.29, 1.82) is 0 Å². The lowest BCUT2D eigenvalue weighted by Gasteiger charge is -2.26. The van der Waals surface area contributed by atoms with Gasteiger partial charge in [-0.1, -0.05) is 54.6 Å². The van der Waals surface area contributed by atoms with Crippen LogP contribution >= 0.6 is 0 Å². The van der Waals surface area contributed by atoms with Crippen LogP contribution in [-0.4, -0.2) is 49.6 Å². The number of carbonyl (C=O) groups is 2. The fraction of sp³-hybridized carbons (Fsp3) is 0.304. The minimum absolute atomic E-state index is 0.0485.